The van der Waals surface area contributed by atoms with Gasteiger partial charge in [-0.25, -0.2) is 4.79 Å². The Labute approximate surface area is 81.1 Å². The Balaban J connectivity index is 2.29. The van der Waals surface area contributed by atoms with E-state index in [2.05, 4.69) is 6.58 Å². The maximum absolute atomic E-state index is 11.1. The normalized spacial score (nSPS) is 23.2. The number of carbonyl (C=O) groups is 1. The molecule has 0 saturated carbocycles. The summed E-state index contributed by atoms with van der Waals surface area (Å²) in [6.45, 7) is 5.20. The summed E-state index contributed by atoms with van der Waals surface area (Å²) < 4.78 is 5.16. The predicted octanol–water partition coefficient (Wildman–Crippen LogP) is 2.26. The molecule has 0 aromatic carbocycles. The Bertz CT molecular complexity index is 185. The van der Waals surface area contributed by atoms with E-state index in [1.54, 1.807) is 18.7 Å². The van der Waals surface area contributed by atoms with E-state index in [4.69, 9.17) is 4.74 Å². The molecule has 1 aliphatic heterocycles. The maximum Gasteiger partial charge on any atom is 0.334 e. The largest absolute Gasteiger partial charge is 0.448 e. The first-order valence-corrected chi connectivity index (χ1v) is 5.96. The van der Waals surface area contributed by atoms with E-state index in [-0.39, 0.29) is 11.4 Å². The molecule has 0 spiro atoms. The predicted molar refractivity (Wildman–Crippen MR) is 54.2 cm³/mol. The molecule has 0 aromatic heterocycles. The van der Waals surface area contributed by atoms with Crippen molar-refractivity contribution in [2.75, 3.05) is 10.8 Å². The third-order valence-electron chi connectivity index (χ3n) is 1.42. The topological polar surface area (TPSA) is 26.3 Å². The van der Waals surface area contributed by atoms with Crippen LogP contribution in [0.1, 0.15) is 13.3 Å². The van der Waals surface area contributed by atoms with Gasteiger partial charge >= 0.3 is 5.97 Å². The number of ether oxygens (including phenoxy) is 1. The average molecular weight is 204 g/mol. The van der Waals surface area contributed by atoms with E-state index in [1.165, 1.54) is 0 Å². The van der Waals surface area contributed by atoms with Crippen LogP contribution >= 0.6 is 23.5 Å². The minimum Gasteiger partial charge on any atom is -0.448 e. The lowest BCUT2D eigenvalue weighted by Gasteiger charge is -2.20. The third kappa shape index (κ3) is 3.11. The molecule has 1 heterocycles. The molecule has 1 unspecified atom stereocenters. The van der Waals surface area contributed by atoms with Gasteiger partial charge in [-0.3, -0.25) is 0 Å². The highest BCUT2D eigenvalue weighted by Crippen LogP contribution is 2.29. The number of carbonyl (C=O) groups excluding carboxylic acids is 1. The van der Waals surface area contributed by atoms with Crippen molar-refractivity contribution >= 4 is 29.5 Å². The van der Waals surface area contributed by atoms with E-state index < -0.39 is 0 Å². The van der Waals surface area contributed by atoms with Gasteiger partial charge in [0.05, 0.1) is 0 Å². The van der Waals surface area contributed by atoms with E-state index in [9.17, 15) is 4.79 Å². The maximum atomic E-state index is 11.1. The van der Waals surface area contributed by atoms with Gasteiger partial charge in [-0.1, -0.05) is 6.58 Å². The highest BCUT2D eigenvalue weighted by atomic mass is 32.2. The lowest BCUT2D eigenvalue weighted by Crippen LogP contribution is -2.18. The number of esters is 1. The van der Waals surface area contributed by atoms with Crippen LogP contribution in [0.4, 0.5) is 0 Å². The van der Waals surface area contributed by atoms with Gasteiger partial charge in [-0.15, -0.1) is 11.8 Å². The zero-order valence-electron chi connectivity index (χ0n) is 7.04. The van der Waals surface area contributed by atoms with Crippen molar-refractivity contribution in [3.63, 3.8) is 0 Å². The summed E-state index contributed by atoms with van der Waals surface area (Å²) in [6, 6.07) is 0. The Morgan fingerprint density at radius 1 is 1.67 bits per heavy atom. The Hall–Kier alpha value is -0.0900. The number of rotatable bonds is 2. The van der Waals surface area contributed by atoms with Crippen LogP contribution in [0, 0.1) is 0 Å². The van der Waals surface area contributed by atoms with Crippen molar-refractivity contribution < 1.29 is 9.53 Å². The quantitative estimate of drug-likeness (QED) is 0.509. The number of hydrogen-bond acceptors (Lipinski definition) is 4. The van der Waals surface area contributed by atoms with Crippen LogP contribution < -0.4 is 0 Å². The van der Waals surface area contributed by atoms with Gasteiger partial charge in [0.1, 0.15) is 5.44 Å². The van der Waals surface area contributed by atoms with Gasteiger partial charge in [0.2, 0.25) is 0 Å². The molecule has 12 heavy (non-hydrogen) atoms. The van der Waals surface area contributed by atoms with E-state index in [1.807, 2.05) is 11.8 Å². The van der Waals surface area contributed by atoms with Crippen molar-refractivity contribution in [1.29, 1.82) is 0 Å². The van der Waals surface area contributed by atoms with Gasteiger partial charge in [-0.05, 0) is 12.7 Å². The molecular formula is C8H12O2S2. The monoisotopic (exact) mass is 204 g/mol. The van der Waals surface area contributed by atoms with Crippen LogP contribution in [0.5, 0.6) is 0 Å². The zero-order valence-corrected chi connectivity index (χ0v) is 8.67. The van der Waals surface area contributed by atoms with Crippen LogP contribution in [0.15, 0.2) is 12.2 Å². The molecule has 0 aromatic rings. The molecule has 4 heteroatoms. The molecule has 0 N–H and O–H groups in total. The molecule has 1 fully saturated rings. The Morgan fingerprint density at radius 3 is 2.92 bits per heavy atom. The fourth-order valence-electron chi connectivity index (χ4n) is 0.759. The standard InChI is InChI=1S/C8H12O2S2/c1-6(2)8(9)10-7-3-4-11-5-12-7/h7H,1,3-5H2,2H3. The van der Waals surface area contributed by atoms with Gasteiger partial charge in [0.15, 0.2) is 0 Å². The summed E-state index contributed by atoms with van der Waals surface area (Å²) in [7, 11) is 0. The van der Waals surface area contributed by atoms with E-state index in [0.29, 0.717) is 5.57 Å². The summed E-state index contributed by atoms with van der Waals surface area (Å²) >= 11 is 3.57. The second-order valence-electron chi connectivity index (χ2n) is 2.60. The molecule has 1 rings (SSSR count). The highest BCUT2D eigenvalue weighted by Gasteiger charge is 2.18. The van der Waals surface area contributed by atoms with Crippen LogP contribution in [-0.4, -0.2) is 22.2 Å². The summed E-state index contributed by atoms with van der Waals surface area (Å²) in [5.41, 5.74) is 0.532. The second-order valence-corrected chi connectivity index (χ2v) is 5.22. The minimum atomic E-state index is -0.264. The first kappa shape index (κ1) is 9.99. The first-order chi connectivity index (χ1) is 5.70. The van der Waals surface area contributed by atoms with Crippen molar-refractivity contribution in [3.8, 4) is 0 Å². The van der Waals surface area contributed by atoms with E-state index in [0.717, 1.165) is 17.3 Å². The Kier molecular flexibility index (Phi) is 4.01. The van der Waals surface area contributed by atoms with Gasteiger partial charge in [0, 0.05) is 17.1 Å². The van der Waals surface area contributed by atoms with Crippen molar-refractivity contribution in [3.05, 3.63) is 12.2 Å². The zero-order chi connectivity index (χ0) is 8.97. The first-order valence-electron chi connectivity index (χ1n) is 3.76. The molecule has 0 bridgehead atoms. The van der Waals surface area contributed by atoms with Crippen LogP contribution in [0.25, 0.3) is 0 Å². The van der Waals surface area contributed by atoms with E-state index >= 15 is 0 Å². The van der Waals surface area contributed by atoms with Crippen LogP contribution in [0.2, 0.25) is 0 Å². The summed E-state index contributed by atoms with van der Waals surface area (Å²) in [6.07, 6.45) is 0.953. The molecular weight excluding hydrogens is 192 g/mol. The molecule has 0 aliphatic carbocycles. The van der Waals surface area contributed by atoms with Crippen LogP contribution in [0.3, 0.4) is 0 Å². The average Bonchev–Trinajstić information content (AvgIpc) is 2.06. The summed E-state index contributed by atoms with van der Waals surface area (Å²) in [5, 5.41) is 1.02. The fraction of sp³-hybridized carbons (Fsp3) is 0.625. The third-order valence-corrected chi connectivity index (χ3v) is 3.86. The smallest absolute Gasteiger partial charge is 0.334 e. The number of hydrogen-bond donors (Lipinski definition) is 0. The molecule has 2 nitrogen and oxygen atoms in total. The summed E-state index contributed by atoms with van der Waals surface area (Å²) in [5.74, 6) is 0.820. The summed E-state index contributed by atoms with van der Waals surface area (Å²) in [4.78, 5) is 11.1. The fourth-order valence-corrected chi connectivity index (χ4v) is 3.19. The number of thioether (sulfide) groups is 2. The van der Waals surface area contributed by atoms with Gasteiger partial charge < -0.3 is 4.74 Å². The second kappa shape index (κ2) is 4.82. The highest BCUT2D eigenvalue weighted by molar-refractivity contribution is 8.16. The molecule has 68 valence electrons. The molecule has 1 atom stereocenters. The Morgan fingerprint density at radius 2 is 2.42 bits per heavy atom. The van der Waals surface area contributed by atoms with Gasteiger partial charge in [-0.2, -0.15) is 11.8 Å². The van der Waals surface area contributed by atoms with Crippen molar-refractivity contribution in [2.24, 2.45) is 0 Å². The lowest BCUT2D eigenvalue weighted by atomic mass is 10.4. The minimum absolute atomic E-state index is 0.0513. The molecule has 0 radical (unpaired) electrons. The molecule has 1 saturated heterocycles. The van der Waals surface area contributed by atoms with Crippen molar-refractivity contribution in [1.82, 2.24) is 0 Å². The van der Waals surface area contributed by atoms with Gasteiger partial charge in [0.25, 0.3) is 0 Å². The van der Waals surface area contributed by atoms with Crippen LogP contribution in [-0.2, 0) is 9.53 Å². The molecule has 1 aliphatic rings. The SMILES string of the molecule is C=C(C)C(=O)OC1CCSCS1. The lowest BCUT2D eigenvalue weighted by molar-refractivity contribution is -0.140. The molecule has 0 amide bonds. The van der Waals surface area contributed by atoms with Crippen molar-refractivity contribution in [2.45, 2.75) is 18.8 Å².